The van der Waals surface area contributed by atoms with E-state index < -0.39 is 0 Å². The van der Waals surface area contributed by atoms with Crippen LogP contribution in [0.3, 0.4) is 0 Å². The molecule has 1 aliphatic rings. The van der Waals surface area contributed by atoms with Gasteiger partial charge in [0, 0.05) is 25.1 Å². The lowest BCUT2D eigenvalue weighted by atomic mass is 10.2. The van der Waals surface area contributed by atoms with Gasteiger partial charge >= 0.3 is 0 Å². The standard InChI is InChI=1S/C13H22N4/c1-4-11-16-12(14-5-2)9(3)13(17-11)15-8-10-6-7-10/h10H,4-8H2,1-3H3,(H2,14,15,16,17). The SMILES string of the molecule is CCNc1nc(CC)nc(NCC2CC2)c1C. The maximum atomic E-state index is 4.57. The summed E-state index contributed by atoms with van der Waals surface area (Å²) in [6.07, 6.45) is 3.59. The predicted octanol–water partition coefficient (Wildman–Crippen LogP) is 2.60. The highest BCUT2D eigenvalue weighted by molar-refractivity contribution is 5.57. The molecule has 2 rings (SSSR count). The lowest BCUT2D eigenvalue weighted by Gasteiger charge is -2.13. The zero-order valence-corrected chi connectivity index (χ0v) is 11.0. The fraction of sp³-hybridized carbons (Fsp3) is 0.692. The summed E-state index contributed by atoms with van der Waals surface area (Å²) >= 11 is 0. The van der Waals surface area contributed by atoms with Gasteiger partial charge in [0.15, 0.2) is 0 Å². The molecule has 0 aliphatic heterocycles. The minimum absolute atomic E-state index is 0.858. The van der Waals surface area contributed by atoms with Crippen LogP contribution < -0.4 is 10.6 Å². The number of nitrogens with zero attached hydrogens (tertiary/aromatic N) is 2. The largest absolute Gasteiger partial charge is 0.370 e. The number of aryl methyl sites for hydroxylation is 1. The first-order valence-corrected chi connectivity index (χ1v) is 6.59. The molecule has 2 N–H and O–H groups in total. The Morgan fingerprint density at radius 3 is 2.29 bits per heavy atom. The Morgan fingerprint density at radius 2 is 1.76 bits per heavy atom. The molecular formula is C13H22N4. The second-order valence-electron chi connectivity index (χ2n) is 4.67. The van der Waals surface area contributed by atoms with Crippen molar-refractivity contribution in [2.75, 3.05) is 23.7 Å². The third kappa shape index (κ3) is 3.08. The lowest BCUT2D eigenvalue weighted by Crippen LogP contribution is -2.12. The Hall–Kier alpha value is -1.32. The molecule has 1 fully saturated rings. The second kappa shape index (κ2) is 5.34. The Morgan fingerprint density at radius 1 is 1.12 bits per heavy atom. The maximum Gasteiger partial charge on any atom is 0.134 e. The van der Waals surface area contributed by atoms with E-state index in [0.717, 1.165) is 48.5 Å². The molecular weight excluding hydrogens is 212 g/mol. The molecule has 0 radical (unpaired) electrons. The molecule has 1 aliphatic carbocycles. The van der Waals surface area contributed by atoms with E-state index in [-0.39, 0.29) is 0 Å². The van der Waals surface area contributed by atoms with E-state index in [1.807, 2.05) is 0 Å². The average Bonchev–Trinajstić information content (AvgIpc) is 3.14. The van der Waals surface area contributed by atoms with Crippen LogP contribution in [0.15, 0.2) is 0 Å². The van der Waals surface area contributed by atoms with E-state index in [2.05, 4.69) is 41.4 Å². The molecule has 94 valence electrons. The summed E-state index contributed by atoms with van der Waals surface area (Å²) < 4.78 is 0. The quantitative estimate of drug-likeness (QED) is 0.794. The molecule has 0 atom stereocenters. The summed E-state index contributed by atoms with van der Waals surface area (Å²) in [6.45, 7) is 8.19. The van der Waals surface area contributed by atoms with Crippen molar-refractivity contribution in [3.05, 3.63) is 11.4 Å². The van der Waals surface area contributed by atoms with Gasteiger partial charge in [-0.2, -0.15) is 0 Å². The average molecular weight is 234 g/mol. The molecule has 4 heteroatoms. The third-order valence-corrected chi connectivity index (χ3v) is 3.11. The van der Waals surface area contributed by atoms with Crippen LogP contribution in [0.5, 0.6) is 0 Å². The van der Waals surface area contributed by atoms with E-state index in [0.29, 0.717) is 0 Å². The Bertz CT molecular complexity index is 385. The van der Waals surface area contributed by atoms with E-state index >= 15 is 0 Å². The van der Waals surface area contributed by atoms with Crippen LogP contribution in [-0.4, -0.2) is 23.1 Å². The highest BCUT2D eigenvalue weighted by atomic mass is 15.1. The molecule has 1 aromatic heterocycles. The van der Waals surface area contributed by atoms with Crippen LogP contribution in [0.4, 0.5) is 11.6 Å². The summed E-state index contributed by atoms with van der Waals surface area (Å²) in [7, 11) is 0. The zero-order chi connectivity index (χ0) is 12.3. The molecule has 0 bridgehead atoms. The van der Waals surface area contributed by atoms with Crippen LogP contribution in [0, 0.1) is 12.8 Å². The normalized spacial score (nSPS) is 14.8. The van der Waals surface area contributed by atoms with Gasteiger partial charge in [0.2, 0.25) is 0 Å². The number of aromatic nitrogens is 2. The van der Waals surface area contributed by atoms with Crippen LogP contribution in [0.2, 0.25) is 0 Å². The Kier molecular flexibility index (Phi) is 3.82. The fourth-order valence-electron chi connectivity index (χ4n) is 1.80. The molecule has 1 aromatic rings. The topological polar surface area (TPSA) is 49.8 Å². The third-order valence-electron chi connectivity index (χ3n) is 3.11. The van der Waals surface area contributed by atoms with Crippen molar-refractivity contribution in [3.8, 4) is 0 Å². The van der Waals surface area contributed by atoms with E-state index in [9.17, 15) is 0 Å². The first kappa shape index (κ1) is 12.1. The van der Waals surface area contributed by atoms with Crippen molar-refractivity contribution in [1.82, 2.24) is 9.97 Å². The fourth-order valence-corrected chi connectivity index (χ4v) is 1.80. The van der Waals surface area contributed by atoms with Gasteiger partial charge in [0.1, 0.15) is 17.5 Å². The van der Waals surface area contributed by atoms with Gasteiger partial charge in [-0.3, -0.25) is 0 Å². The van der Waals surface area contributed by atoms with Crippen LogP contribution in [-0.2, 0) is 6.42 Å². The van der Waals surface area contributed by atoms with Crippen molar-refractivity contribution in [2.45, 2.75) is 40.0 Å². The van der Waals surface area contributed by atoms with E-state index in [1.54, 1.807) is 0 Å². The molecule has 0 spiro atoms. The number of hydrogen-bond donors (Lipinski definition) is 2. The minimum Gasteiger partial charge on any atom is -0.370 e. The van der Waals surface area contributed by atoms with Crippen LogP contribution in [0.25, 0.3) is 0 Å². The summed E-state index contributed by atoms with van der Waals surface area (Å²) in [5, 5.41) is 6.76. The molecule has 17 heavy (non-hydrogen) atoms. The molecule has 0 saturated heterocycles. The van der Waals surface area contributed by atoms with Gasteiger partial charge in [-0.25, -0.2) is 9.97 Å². The summed E-state index contributed by atoms with van der Waals surface area (Å²) in [5.41, 5.74) is 1.13. The van der Waals surface area contributed by atoms with Gasteiger partial charge in [-0.1, -0.05) is 6.92 Å². The Balaban J connectivity index is 2.17. The summed E-state index contributed by atoms with van der Waals surface area (Å²) in [4.78, 5) is 9.09. The lowest BCUT2D eigenvalue weighted by molar-refractivity contribution is 0.864. The van der Waals surface area contributed by atoms with Gasteiger partial charge in [0.05, 0.1) is 0 Å². The van der Waals surface area contributed by atoms with Crippen molar-refractivity contribution in [3.63, 3.8) is 0 Å². The minimum atomic E-state index is 0.858. The smallest absolute Gasteiger partial charge is 0.134 e. The van der Waals surface area contributed by atoms with Crippen molar-refractivity contribution >= 4 is 11.6 Å². The van der Waals surface area contributed by atoms with Gasteiger partial charge in [0.25, 0.3) is 0 Å². The molecule has 4 nitrogen and oxygen atoms in total. The number of hydrogen-bond acceptors (Lipinski definition) is 4. The zero-order valence-electron chi connectivity index (χ0n) is 11.0. The highest BCUT2D eigenvalue weighted by Gasteiger charge is 2.21. The van der Waals surface area contributed by atoms with Gasteiger partial charge in [-0.05, 0) is 32.6 Å². The Labute approximate surface area is 103 Å². The maximum absolute atomic E-state index is 4.57. The van der Waals surface area contributed by atoms with Crippen LogP contribution >= 0.6 is 0 Å². The number of rotatable bonds is 6. The number of nitrogens with one attached hydrogen (secondary N) is 2. The first-order valence-electron chi connectivity index (χ1n) is 6.59. The molecule has 1 saturated carbocycles. The van der Waals surface area contributed by atoms with E-state index in [4.69, 9.17) is 0 Å². The van der Waals surface area contributed by atoms with E-state index in [1.165, 1.54) is 12.8 Å². The molecule has 0 aromatic carbocycles. The highest BCUT2D eigenvalue weighted by Crippen LogP contribution is 2.29. The first-order chi connectivity index (χ1) is 8.24. The summed E-state index contributed by atoms with van der Waals surface area (Å²) in [5.74, 6) is 3.74. The molecule has 0 unspecified atom stereocenters. The second-order valence-corrected chi connectivity index (χ2v) is 4.67. The van der Waals surface area contributed by atoms with Gasteiger partial charge in [-0.15, -0.1) is 0 Å². The van der Waals surface area contributed by atoms with Crippen molar-refractivity contribution in [1.29, 1.82) is 0 Å². The van der Waals surface area contributed by atoms with Crippen LogP contribution in [0.1, 0.15) is 38.1 Å². The van der Waals surface area contributed by atoms with Crippen molar-refractivity contribution in [2.24, 2.45) is 5.92 Å². The predicted molar refractivity (Wildman–Crippen MR) is 71.5 cm³/mol. The van der Waals surface area contributed by atoms with Gasteiger partial charge < -0.3 is 10.6 Å². The molecule has 0 amide bonds. The summed E-state index contributed by atoms with van der Waals surface area (Å²) in [6, 6.07) is 0. The molecule has 1 heterocycles. The number of anilines is 2. The monoisotopic (exact) mass is 234 g/mol. The van der Waals surface area contributed by atoms with Crippen molar-refractivity contribution < 1.29 is 0 Å².